The zero-order valence-electron chi connectivity index (χ0n) is 22.0. The second-order valence-corrected chi connectivity index (χ2v) is 15.7. The third kappa shape index (κ3) is 5.26. The van der Waals surface area contributed by atoms with Gasteiger partial charge in [-0.05, 0) is 0 Å². The Morgan fingerprint density at radius 1 is 0.795 bits per heavy atom. The van der Waals surface area contributed by atoms with Crippen LogP contribution in [-0.2, 0) is 36.7 Å². The summed E-state index contributed by atoms with van der Waals surface area (Å²) < 4.78 is 79.2. The Kier molecular flexibility index (Phi) is 7.61. The average Bonchev–Trinajstić information content (AvgIpc) is 3.73. The molecule has 0 saturated carbocycles. The predicted octanol–water partition coefficient (Wildman–Crippen LogP) is 1.22. The van der Waals surface area contributed by atoms with E-state index < -0.39 is 76.0 Å². The van der Waals surface area contributed by atoms with Gasteiger partial charge in [0.05, 0.1) is 25.9 Å². The molecule has 3 saturated heterocycles. The molecule has 0 spiro atoms. The second kappa shape index (κ2) is 11.1. The highest BCUT2D eigenvalue weighted by atomic mass is 32.7. The van der Waals surface area contributed by atoms with E-state index in [0.717, 1.165) is 0 Å². The monoisotopic (exact) mass is 692 g/mol. The molecule has 24 heteroatoms. The molecule has 19 nitrogen and oxygen atoms in total. The van der Waals surface area contributed by atoms with Gasteiger partial charge in [-0.25, -0.2) is 43.4 Å². The number of alkyl halides is 1. The standard InChI is InChI=1S/C20H23FN10O9P2S2/c21-9-13-7(37-19(9)30-5-28-10-15(22)24-3-26-17(10)30)1-35-42(34,44)40-14-8(2-36-41(33,43)39-13)38-20(12(14)32)31-6-29-11-16(23)25-4-27-18(11)31/h3-9,12-14,19-20,32H,1-2H2,(H,33,43)(H,34,44)(H2,22,24,26)(H2,23,25,27)/t7-,8?,9-,12-,13-,14-,19-,20-,41-,42-/m1/s1. The zero-order valence-corrected chi connectivity index (χ0v) is 25.5. The predicted molar refractivity (Wildman–Crippen MR) is 153 cm³/mol. The maximum absolute atomic E-state index is 16.0. The SMILES string of the molecule is Nc1ncnc2c1ncn2[C@@H]1OC2CO[P@@](=O)(S)O[C@H]3[C@@H](F)[C@H](n4cnc5c(N)ncnc54)O[C@@H]3CO[P@@](=O)(S)O[C@H]2[C@H]1O. The number of anilines is 2. The molecule has 3 aliphatic rings. The van der Waals surface area contributed by atoms with E-state index in [0.29, 0.717) is 0 Å². The lowest BCUT2D eigenvalue weighted by Gasteiger charge is -2.28. The van der Waals surface area contributed by atoms with Gasteiger partial charge in [-0.1, -0.05) is 24.5 Å². The third-order valence-electron chi connectivity index (χ3n) is 7.21. The van der Waals surface area contributed by atoms with Crippen LogP contribution in [0.5, 0.6) is 0 Å². The number of ether oxygens (including phenoxy) is 2. The minimum absolute atomic E-state index is 0.0606. The van der Waals surface area contributed by atoms with Crippen LogP contribution in [0.25, 0.3) is 22.3 Å². The normalized spacial score (nSPS) is 38.3. The minimum atomic E-state index is -4.34. The maximum Gasteiger partial charge on any atom is 0.386 e. The number of nitrogens with zero attached hydrogens (tertiary/aromatic N) is 8. The van der Waals surface area contributed by atoms with Crippen molar-refractivity contribution in [1.29, 1.82) is 0 Å². The van der Waals surface area contributed by atoms with Crippen LogP contribution in [0.3, 0.4) is 0 Å². The lowest BCUT2D eigenvalue weighted by Crippen LogP contribution is -2.37. The van der Waals surface area contributed by atoms with Gasteiger partial charge in [0, 0.05) is 0 Å². The summed E-state index contributed by atoms with van der Waals surface area (Å²) in [6, 6.07) is 0. The summed E-state index contributed by atoms with van der Waals surface area (Å²) in [6.45, 7) is -9.83. The number of nitrogens with two attached hydrogens (primary N) is 2. The highest BCUT2D eigenvalue weighted by molar-refractivity contribution is 8.44. The molecule has 0 amide bonds. The topological polar surface area (TPSA) is 249 Å². The smallest absolute Gasteiger partial charge is 0.386 e. The molecule has 0 aromatic carbocycles. The number of halogens is 1. The Balaban J connectivity index is 1.17. The van der Waals surface area contributed by atoms with Crippen LogP contribution in [0.1, 0.15) is 12.5 Å². The molecule has 10 atom stereocenters. The summed E-state index contributed by atoms with van der Waals surface area (Å²) in [5.74, 6) is 0.152. The number of fused-ring (bicyclic) bond motifs is 4. The van der Waals surface area contributed by atoms with Gasteiger partial charge in [-0.15, -0.1) is 0 Å². The molecule has 44 heavy (non-hydrogen) atoms. The molecular formula is C20H23FN10O9P2S2. The molecule has 0 radical (unpaired) electrons. The van der Waals surface area contributed by atoms with Crippen molar-refractivity contribution in [1.82, 2.24) is 39.0 Å². The number of aliphatic hydroxyl groups is 1. The van der Waals surface area contributed by atoms with Crippen LogP contribution < -0.4 is 11.5 Å². The number of aliphatic hydroxyl groups excluding tert-OH is 1. The summed E-state index contributed by atoms with van der Waals surface area (Å²) in [5, 5.41) is 11.2. The molecule has 1 unspecified atom stereocenters. The van der Waals surface area contributed by atoms with Gasteiger partial charge in [0.1, 0.15) is 54.2 Å². The van der Waals surface area contributed by atoms with E-state index in [1.165, 1.54) is 34.4 Å². The van der Waals surface area contributed by atoms with E-state index in [1.807, 2.05) is 0 Å². The van der Waals surface area contributed by atoms with Crippen molar-refractivity contribution in [2.45, 2.75) is 49.1 Å². The Hall–Kier alpha value is -2.49. The van der Waals surface area contributed by atoms with E-state index in [9.17, 15) is 14.2 Å². The van der Waals surface area contributed by atoms with Gasteiger partial charge in [0.25, 0.3) is 0 Å². The summed E-state index contributed by atoms with van der Waals surface area (Å²) in [7, 11) is 0. The number of imidazole rings is 2. The molecule has 0 bridgehead atoms. The molecule has 7 rings (SSSR count). The van der Waals surface area contributed by atoms with Crippen LogP contribution in [0.2, 0.25) is 0 Å². The number of aromatic nitrogens is 8. The minimum Gasteiger partial charge on any atom is -0.386 e. The van der Waals surface area contributed by atoms with Crippen molar-refractivity contribution >= 4 is 72.1 Å². The van der Waals surface area contributed by atoms with Gasteiger partial charge in [0.2, 0.25) is 0 Å². The van der Waals surface area contributed by atoms with Crippen molar-refractivity contribution in [2.75, 3.05) is 24.7 Å². The van der Waals surface area contributed by atoms with E-state index in [1.54, 1.807) is 0 Å². The molecule has 3 aliphatic heterocycles. The fourth-order valence-electron chi connectivity index (χ4n) is 5.21. The molecule has 3 fully saturated rings. The summed E-state index contributed by atoms with van der Waals surface area (Å²) in [4.78, 5) is 24.2. The molecule has 7 heterocycles. The molecule has 236 valence electrons. The molecular weight excluding hydrogens is 669 g/mol. The lowest BCUT2D eigenvalue weighted by atomic mass is 10.1. The third-order valence-corrected chi connectivity index (χ3v) is 10.4. The van der Waals surface area contributed by atoms with Gasteiger partial charge < -0.3 is 26.0 Å². The fraction of sp³-hybridized carbons (Fsp3) is 0.500. The Morgan fingerprint density at radius 2 is 1.27 bits per heavy atom. The fourth-order valence-corrected chi connectivity index (χ4v) is 8.18. The van der Waals surface area contributed by atoms with Crippen molar-refractivity contribution in [3.63, 3.8) is 0 Å². The van der Waals surface area contributed by atoms with Crippen molar-refractivity contribution in [3.05, 3.63) is 25.3 Å². The summed E-state index contributed by atoms with van der Waals surface area (Å²) in [5.41, 5.74) is 12.5. The molecule has 4 aromatic rings. The van der Waals surface area contributed by atoms with E-state index in [4.69, 9.17) is 39.0 Å². The first-order chi connectivity index (χ1) is 20.9. The number of thiol groups is 2. The van der Waals surface area contributed by atoms with Gasteiger partial charge in [-0.3, -0.25) is 27.2 Å². The van der Waals surface area contributed by atoms with Crippen LogP contribution in [0.15, 0.2) is 25.3 Å². The largest absolute Gasteiger partial charge is 0.386 e. The van der Waals surface area contributed by atoms with Crippen molar-refractivity contribution < 1.29 is 46.2 Å². The Labute approximate surface area is 256 Å². The van der Waals surface area contributed by atoms with Crippen LogP contribution in [0.4, 0.5) is 16.0 Å². The van der Waals surface area contributed by atoms with Crippen molar-refractivity contribution in [3.8, 4) is 0 Å². The Bertz CT molecular complexity index is 1710. The van der Waals surface area contributed by atoms with Gasteiger partial charge >= 0.3 is 13.6 Å². The maximum atomic E-state index is 16.0. The van der Waals surface area contributed by atoms with Crippen LogP contribution in [-0.4, -0.2) is 94.0 Å². The number of rotatable bonds is 2. The Morgan fingerprint density at radius 3 is 1.84 bits per heavy atom. The first-order valence-corrected chi connectivity index (χ1v) is 18.1. The van der Waals surface area contributed by atoms with E-state index in [2.05, 4.69) is 54.4 Å². The average molecular weight is 693 g/mol. The highest BCUT2D eigenvalue weighted by Crippen LogP contribution is 2.60. The van der Waals surface area contributed by atoms with Gasteiger partial charge in [0.15, 0.2) is 41.6 Å². The second-order valence-electron chi connectivity index (χ2n) is 9.90. The first kappa shape index (κ1) is 30.2. The first-order valence-electron chi connectivity index (χ1n) is 12.7. The van der Waals surface area contributed by atoms with E-state index >= 15 is 4.39 Å². The van der Waals surface area contributed by atoms with Gasteiger partial charge in [-0.2, -0.15) is 0 Å². The quantitative estimate of drug-likeness (QED) is 0.146. The summed E-state index contributed by atoms with van der Waals surface area (Å²) in [6.07, 6.45) is -6.81. The van der Waals surface area contributed by atoms with Crippen LogP contribution in [0, 0.1) is 0 Å². The lowest BCUT2D eigenvalue weighted by molar-refractivity contribution is -0.0555. The highest BCUT2D eigenvalue weighted by Gasteiger charge is 2.54. The zero-order chi connectivity index (χ0) is 31.0. The molecule has 0 aliphatic carbocycles. The molecule has 4 aromatic heterocycles. The van der Waals surface area contributed by atoms with Crippen LogP contribution >= 0.6 is 38.1 Å². The van der Waals surface area contributed by atoms with E-state index in [-0.39, 0.29) is 34.0 Å². The number of nitrogen functional groups attached to an aromatic ring is 2. The number of hydrogen-bond donors (Lipinski definition) is 5. The number of hydrogen-bond acceptors (Lipinski definition) is 17. The molecule has 5 N–H and O–H groups in total. The summed E-state index contributed by atoms with van der Waals surface area (Å²) >= 11 is 8.07. The van der Waals surface area contributed by atoms with Crippen molar-refractivity contribution in [2.24, 2.45) is 0 Å².